The highest BCUT2D eigenvalue weighted by Gasteiger charge is 2.15. The van der Waals surface area contributed by atoms with Gasteiger partial charge in [0, 0.05) is 24.2 Å². The van der Waals surface area contributed by atoms with E-state index in [-0.39, 0.29) is 11.6 Å². The molecular formula is C19H16Cl2N4OS. The molecule has 4 aromatic rings. The Labute approximate surface area is 170 Å². The second-order valence-electron chi connectivity index (χ2n) is 6.44. The van der Waals surface area contributed by atoms with Crippen molar-refractivity contribution in [2.75, 3.05) is 0 Å². The van der Waals surface area contributed by atoms with Gasteiger partial charge in [-0.15, -0.1) is 0 Å². The first kappa shape index (κ1) is 18.3. The summed E-state index contributed by atoms with van der Waals surface area (Å²) in [5.74, 6) is 0.563. The van der Waals surface area contributed by atoms with E-state index in [9.17, 15) is 4.79 Å². The Morgan fingerprint density at radius 1 is 1.15 bits per heavy atom. The first-order valence-corrected chi connectivity index (χ1v) is 10.1. The maximum Gasteiger partial charge on any atom is 0.262 e. The lowest BCUT2D eigenvalue weighted by Crippen LogP contribution is -2.25. The third kappa shape index (κ3) is 3.45. The average molecular weight is 419 g/mol. The maximum atomic E-state index is 12.9. The van der Waals surface area contributed by atoms with E-state index in [0.717, 1.165) is 5.69 Å². The molecule has 0 atom stereocenters. The van der Waals surface area contributed by atoms with Crippen molar-refractivity contribution in [2.45, 2.75) is 30.8 Å². The SMILES string of the molecule is CC(C)n1c(SCc2cn3cc(Cl)cc(Cl)c3n2)nc2ccccc2c1=O. The van der Waals surface area contributed by atoms with Gasteiger partial charge in [-0.1, -0.05) is 47.1 Å². The summed E-state index contributed by atoms with van der Waals surface area (Å²) in [6.07, 6.45) is 3.65. The van der Waals surface area contributed by atoms with E-state index < -0.39 is 0 Å². The summed E-state index contributed by atoms with van der Waals surface area (Å²) in [5, 5.41) is 2.36. The second-order valence-corrected chi connectivity index (χ2v) is 8.22. The molecule has 3 aromatic heterocycles. The van der Waals surface area contributed by atoms with Crippen molar-refractivity contribution >= 4 is 51.5 Å². The summed E-state index contributed by atoms with van der Waals surface area (Å²) in [7, 11) is 0. The number of nitrogens with zero attached hydrogens (tertiary/aromatic N) is 4. The molecule has 0 fully saturated rings. The molecule has 0 aliphatic rings. The molecule has 0 amide bonds. The number of para-hydroxylation sites is 1. The van der Waals surface area contributed by atoms with Crippen molar-refractivity contribution in [3.8, 4) is 0 Å². The molecule has 0 saturated heterocycles. The molecule has 3 heterocycles. The van der Waals surface area contributed by atoms with Gasteiger partial charge in [-0.25, -0.2) is 9.97 Å². The molecule has 0 saturated carbocycles. The molecule has 27 heavy (non-hydrogen) atoms. The Kier molecular flexibility index (Phi) is 4.88. The van der Waals surface area contributed by atoms with E-state index in [1.54, 1.807) is 16.8 Å². The highest BCUT2D eigenvalue weighted by atomic mass is 35.5. The zero-order valence-corrected chi connectivity index (χ0v) is 17.0. The van der Waals surface area contributed by atoms with E-state index in [1.807, 2.05) is 48.7 Å². The van der Waals surface area contributed by atoms with Crippen LogP contribution < -0.4 is 5.56 Å². The van der Waals surface area contributed by atoms with Crippen LogP contribution in [0.4, 0.5) is 0 Å². The fourth-order valence-electron chi connectivity index (χ4n) is 2.97. The lowest BCUT2D eigenvalue weighted by molar-refractivity contribution is 0.519. The van der Waals surface area contributed by atoms with Gasteiger partial charge in [-0.05, 0) is 32.0 Å². The minimum absolute atomic E-state index is 0.00595. The number of benzene rings is 1. The summed E-state index contributed by atoms with van der Waals surface area (Å²) < 4.78 is 3.54. The number of fused-ring (bicyclic) bond motifs is 2. The molecule has 0 spiro atoms. The standard InChI is InChI=1S/C19H16Cl2N4OS/c1-11(2)25-18(26)14-5-3-4-6-16(14)23-19(25)27-10-13-9-24-8-12(20)7-15(21)17(24)22-13/h3-9,11H,10H2,1-2H3. The molecule has 1 aromatic carbocycles. The normalized spacial score (nSPS) is 11.7. The zero-order valence-electron chi connectivity index (χ0n) is 14.7. The topological polar surface area (TPSA) is 52.2 Å². The van der Waals surface area contributed by atoms with Gasteiger partial charge in [-0.2, -0.15) is 0 Å². The van der Waals surface area contributed by atoms with Crippen molar-refractivity contribution in [3.05, 3.63) is 68.8 Å². The van der Waals surface area contributed by atoms with Crippen LogP contribution in [0.5, 0.6) is 0 Å². The molecule has 4 rings (SSSR count). The molecule has 5 nitrogen and oxygen atoms in total. The fraction of sp³-hybridized carbons (Fsp3) is 0.211. The van der Waals surface area contributed by atoms with Crippen molar-refractivity contribution < 1.29 is 0 Å². The zero-order chi connectivity index (χ0) is 19.1. The molecular weight excluding hydrogens is 403 g/mol. The average Bonchev–Trinajstić information content (AvgIpc) is 3.03. The molecule has 8 heteroatoms. The third-order valence-electron chi connectivity index (χ3n) is 4.16. The molecule has 0 aliphatic heterocycles. The van der Waals surface area contributed by atoms with E-state index in [1.165, 1.54) is 11.8 Å². The van der Waals surface area contributed by atoms with E-state index >= 15 is 0 Å². The monoisotopic (exact) mass is 418 g/mol. The number of halogens is 2. The number of pyridine rings is 1. The summed E-state index contributed by atoms with van der Waals surface area (Å²) in [6.45, 7) is 3.96. The molecule has 0 radical (unpaired) electrons. The lowest BCUT2D eigenvalue weighted by Gasteiger charge is -2.15. The summed E-state index contributed by atoms with van der Waals surface area (Å²) in [6, 6.07) is 9.09. The first-order chi connectivity index (χ1) is 12.9. The first-order valence-electron chi connectivity index (χ1n) is 8.41. The Morgan fingerprint density at radius 2 is 1.93 bits per heavy atom. The minimum atomic E-state index is -0.0251. The van der Waals surface area contributed by atoms with Gasteiger partial charge in [0.05, 0.1) is 26.6 Å². The highest BCUT2D eigenvalue weighted by Crippen LogP contribution is 2.26. The van der Waals surface area contributed by atoms with Crippen LogP contribution in [0.15, 0.2) is 52.7 Å². The molecule has 138 valence electrons. The number of imidazole rings is 1. The van der Waals surface area contributed by atoms with Crippen molar-refractivity contribution in [2.24, 2.45) is 0 Å². The summed E-state index contributed by atoms with van der Waals surface area (Å²) >= 11 is 13.7. The number of hydrogen-bond donors (Lipinski definition) is 0. The van der Waals surface area contributed by atoms with Gasteiger partial charge < -0.3 is 4.40 Å². The minimum Gasteiger partial charge on any atom is -0.304 e. The van der Waals surface area contributed by atoms with Crippen molar-refractivity contribution in [1.82, 2.24) is 18.9 Å². The predicted octanol–water partition coefficient (Wildman–Crippen LogP) is 5.22. The number of rotatable bonds is 4. The number of thioether (sulfide) groups is 1. The van der Waals surface area contributed by atoms with Crippen LogP contribution in [0.25, 0.3) is 16.6 Å². The predicted molar refractivity (Wildman–Crippen MR) is 111 cm³/mol. The van der Waals surface area contributed by atoms with Crippen LogP contribution in [0.1, 0.15) is 25.6 Å². The molecule has 0 unspecified atom stereocenters. The van der Waals surface area contributed by atoms with Gasteiger partial charge in [0.2, 0.25) is 0 Å². The van der Waals surface area contributed by atoms with E-state index in [4.69, 9.17) is 28.2 Å². The van der Waals surface area contributed by atoms with Crippen molar-refractivity contribution in [1.29, 1.82) is 0 Å². The Hall–Kier alpha value is -2.02. The number of aromatic nitrogens is 4. The largest absolute Gasteiger partial charge is 0.304 e. The Bertz CT molecular complexity index is 1220. The molecule has 0 aliphatic carbocycles. The van der Waals surface area contributed by atoms with E-state index in [0.29, 0.717) is 37.5 Å². The van der Waals surface area contributed by atoms with Gasteiger partial charge in [-0.3, -0.25) is 9.36 Å². The smallest absolute Gasteiger partial charge is 0.262 e. The van der Waals surface area contributed by atoms with Gasteiger partial charge in [0.15, 0.2) is 10.8 Å². The lowest BCUT2D eigenvalue weighted by atomic mass is 10.2. The Balaban J connectivity index is 1.72. The fourth-order valence-corrected chi connectivity index (χ4v) is 4.51. The Morgan fingerprint density at radius 3 is 2.70 bits per heavy atom. The van der Waals surface area contributed by atoms with Crippen LogP contribution in [0.2, 0.25) is 10.0 Å². The summed E-state index contributed by atoms with van der Waals surface area (Å²) in [5.41, 5.74) is 2.17. The second kappa shape index (κ2) is 7.19. The highest BCUT2D eigenvalue weighted by molar-refractivity contribution is 7.98. The van der Waals surface area contributed by atoms with Crippen LogP contribution in [-0.2, 0) is 5.75 Å². The van der Waals surface area contributed by atoms with Gasteiger partial charge >= 0.3 is 0 Å². The third-order valence-corrected chi connectivity index (χ3v) is 5.63. The molecule has 0 bridgehead atoms. The molecule has 0 N–H and O–H groups in total. The number of hydrogen-bond acceptors (Lipinski definition) is 4. The van der Waals surface area contributed by atoms with Crippen molar-refractivity contribution in [3.63, 3.8) is 0 Å². The quantitative estimate of drug-likeness (QED) is 0.336. The van der Waals surface area contributed by atoms with Gasteiger partial charge in [0.25, 0.3) is 5.56 Å². The van der Waals surface area contributed by atoms with Crippen LogP contribution in [0, 0.1) is 0 Å². The maximum absolute atomic E-state index is 12.9. The van der Waals surface area contributed by atoms with Gasteiger partial charge in [0.1, 0.15) is 0 Å². The van der Waals surface area contributed by atoms with E-state index in [2.05, 4.69) is 4.98 Å². The van der Waals surface area contributed by atoms with Crippen LogP contribution >= 0.6 is 35.0 Å². The van der Waals surface area contributed by atoms with Crippen LogP contribution in [0.3, 0.4) is 0 Å². The summed E-state index contributed by atoms with van der Waals surface area (Å²) in [4.78, 5) is 22.1. The van der Waals surface area contributed by atoms with Crippen LogP contribution in [-0.4, -0.2) is 18.9 Å².